The van der Waals surface area contributed by atoms with Crippen LogP contribution in [-0.2, 0) is 11.2 Å². The molecule has 4 rings (SSSR count). The van der Waals surface area contributed by atoms with Gasteiger partial charge in [0, 0.05) is 24.2 Å². The first-order valence-corrected chi connectivity index (χ1v) is 8.10. The smallest absolute Gasteiger partial charge is 0.230 e. The van der Waals surface area contributed by atoms with Crippen molar-refractivity contribution < 1.29 is 9.90 Å². The van der Waals surface area contributed by atoms with E-state index in [4.69, 9.17) is 0 Å². The zero-order valence-corrected chi connectivity index (χ0v) is 12.2. The number of fused-ring (bicyclic) bond motifs is 1. The van der Waals surface area contributed by atoms with Crippen LogP contribution in [0.3, 0.4) is 0 Å². The SMILES string of the molecule is O=C(C1CC1)N1CCc2cc(C(O)C3CCCN3)ccc21. The van der Waals surface area contributed by atoms with Crippen molar-refractivity contribution in [3.05, 3.63) is 29.3 Å². The summed E-state index contributed by atoms with van der Waals surface area (Å²) in [6, 6.07) is 6.28. The number of nitrogens with zero attached hydrogens (tertiary/aromatic N) is 1. The third-order valence-corrected chi connectivity index (χ3v) is 5.01. The number of aliphatic hydroxyl groups excluding tert-OH is 1. The second kappa shape index (κ2) is 5.11. The van der Waals surface area contributed by atoms with Gasteiger partial charge in [0.05, 0.1) is 6.10 Å². The molecule has 0 bridgehead atoms. The summed E-state index contributed by atoms with van der Waals surface area (Å²) in [5.41, 5.74) is 3.25. The van der Waals surface area contributed by atoms with Crippen molar-refractivity contribution in [1.29, 1.82) is 0 Å². The lowest BCUT2D eigenvalue weighted by Gasteiger charge is -2.21. The predicted molar refractivity (Wildman–Crippen MR) is 81.2 cm³/mol. The number of anilines is 1. The Morgan fingerprint density at radius 1 is 1.33 bits per heavy atom. The molecule has 2 aliphatic heterocycles. The first-order chi connectivity index (χ1) is 10.2. The molecule has 2 fully saturated rings. The lowest BCUT2D eigenvalue weighted by atomic mass is 9.98. The number of benzene rings is 1. The molecule has 4 heteroatoms. The zero-order valence-electron chi connectivity index (χ0n) is 12.2. The highest BCUT2D eigenvalue weighted by molar-refractivity contribution is 5.98. The molecule has 1 aromatic carbocycles. The monoisotopic (exact) mass is 286 g/mol. The van der Waals surface area contributed by atoms with Crippen LogP contribution in [0.15, 0.2) is 18.2 Å². The van der Waals surface area contributed by atoms with Gasteiger partial charge < -0.3 is 15.3 Å². The normalized spacial score (nSPS) is 26.0. The van der Waals surface area contributed by atoms with Crippen LogP contribution in [0.4, 0.5) is 5.69 Å². The number of nitrogens with one attached hydrogen (secondary N) is 1. The van der Waals surface area contributed by atoms with E-state index in [1.54, 1.807) is 0 Å². The molecule has 4 nitrogen and oxygen atoms in total. The first kappa shape index (κ1) is 13.3. The van der Waals surface area contributed by atoms with Gasteiger partial charge in [0.1, 0.15) is 0 Å². The molecule has 2 unspecified atom stereocenters. The number of rotatable bonds is 3. The standard InChI is InChI=1S/C17H22N2O2/c20-16(14-2-1-8-18-14)13-5-6-15-12(10-13)7-9-19(15)17(21)11-3-4-11/h5-6,10-11,14,16,18,20H,1-4,7-9H2. The Morgan fingerprint density at radius 2 is 2.19 bits per heavy atom. The molecule has 0 aromatic heterocycles. The van der Waals surface area contributed by atoms with Gasteiger partial charge in [-0.25, -0.2) is 0 Å². The van der Waals surface area contributed by atoms with E-state index in [9.17, 15) is 9.90 Å². The van der Waals surface area contributed by atoms with Crippen LogP contribution in [0.5, 0.6) is 0 Å². The Morgan fingerprint density at radius 3 is 2.90 bits per heavy atom. The molecule has 1 aliphatic carbocycles. The van der Waals surface area contributed by atoms with Gasteiger partial charge in [-0.3, -0.25) is 4.79 Å². The summed E-state index contributed by atoms with van der Waals surface area (Å²) < 4.78 is 0. The summed E-state index contributed by atoms with van der Waals surface area (Å²) in [6.45, 7) is 1.79. The molecule has 2 N–H and O–H groups in total. The van der Waals surface area contributed by atoms with Gasteiger partial charge in [0.15, 0.2) is 0 Å². The van der Waals surface area contributed by atoms with Gasteiger partial charge in [-0.1, -0.05) is 12.1 Å². The lowest BCUT2D eigenvalue weighted by Crippen LogP contribution is -2.30. The first-order valence-electron chi connectivity index (χ1n) is 8.10. The zero-order chi connectivity index (χ0) is 14.4. The Hall–Kier alpha value is -1.39. The van der Waals surface area contributed by atoms with Crippen molar-refractivity contribution in [1.82, 2.24) is 5.32 Å². The largest absolute Gasteiger partial charge is 0.387 e. The number of hydrogen-bond donors (Lipinski definition) is 2. The van der Waals surface area contributed by atoms with Crippen LogP contribution in [0.2, 0.25) is 0 Å². The van der Waals surface area contributed by atoms with Crippen molar-refractivity contribution in [2.45, 2.75) is 44.2 Å². The van der Waals surface area contributed by atoms with E-state index in [1.165, 1.54) is 5.56 Å². The van der Waals surface area contributed by atoms with Crippen LogP contribution in [0.1, 0.15) is 42.9 Å². The fourth-order valence-corrected chi connectivity index (χ4v) is 3.60. The minimum Gasteiger partial charge on any atom is -0.387 e. The molecule has 1 aromatic rings. The molecule has 1 saturated heterocycles. The molecule has 0 spiro atoms. The summed E-state index contributed by atoms with van der Waals surface area (Å²) in [7, 11) is 0. The minimum absolute atomic E-state index is 0.175. The molecule has 1 saturated carbocycles. The van der Waals surface area contributed by atoms with Crippen LogP contribution in [0.25, 0.3) is 0 Å². The van der Waals surface area contributed by atoms with Crippen LogP contribution in [-0.4, -0.2) is 30.1 Å². The highest BCUT2D eigenvalue weighted by Gasteiger charge is 2.36. The number of amides is 1. The average molecular weight is 286 g/mol. The highest BCUT2D eigenvalue weighted by Crippen LogP contribution is 2.37. The molecular weight excluding hydrogens is 264 g/mol. The van der Waals surface area contributed by atoms with E-state index in [0.29, 0.717) is 5.91 Å². The maximum absolute atomic E-state index is 12.3. The van der Waals surface area contributed by atoms with Crippen LogP contribution >= 0.6 is 0 Å². The summed E-state index contributed by atoms with van der Waals surface area (Å²) in [6.07, 6.45) is 4.74. The van der Waals surface area contributed by atoms with Gasteiger partial charge in [0.25, 0.3) is 0 Å². The number of aliphatic hydroxyl groups is 1. The Balaban J connectivity index is 1.56. The topological polar surface area (TPSA) is 52.6 Å². The minimum atomic E-state index is -0.439. The second-order valence-electron chi connectivity index (χ2n) is 6.55. The second-order valence-corrected chi connectivity index (χ2v) is 6.55. The average Bonchev–Trinajstić information content (AvgIpc) is 3.05. The Kier molecular flexibility index (Phi) is 3.23. The molecule has 0 radical (unpaired) electrons. The molecule has 2 atom stereocenters. The third-order valence-electron chi connectivity index (χ3n) is 5.01. The van der Waals surface area contributed by atoms with Crippen molar-refractivity contribution in [2.75, 3.05) is 18.0 Å². The van der Waals surface area contributed by atoms with Gasteiger partial charge in [-0.15, -0.1) is 0 Å². The van der Waals surface area contributed by atoms with E-state index in [0.717, 1.165) is 56.4 Å². The molecule has 1 amide bonds. The van der Waals surface area contributed by atoms with Gasteiger partial charge in [0.2, 0.25) is 5.91 Å². The van der Waals surface area contributed by atoms with E-state index < -0.39 is 6.10 Å². The van der Waals surface area contributed by atoms with Gasteiger partial charge >= 0.3 is 0 Å². The summed E-state index contributed by atoms with van der Waals surface area (Å²) in [5.74, 6) is 0.559. The maximum atomic E-state index is 12.3. The fourth-order valence-electron chi connectivity index (χ4n) is 3.60. The summed E-state index contributed by atoms with van der Waals surface area (Å²) in [4.78, 5) is 14.2. The molecule has 3 aliphatic rings. The number of hydrogen-bond acceptors (Lipinski definition) is 3. The molecule has 2 heterocycles. The lowest BCUT2D eigenvalue weighted by molar-refractivity contribution is -0.119. The van der Waals surface area contributed by atoms with E-state index in [-0.39, 0.29) is 12.0 Å². The van der Waals surface area contributed by atoms with Gasteiger partial charge in [-0.2, -0.15) is 0 Å². The van der Waals surface area contributed by atoms with E-state index >= 15 is 0 Å². The van der Waals surface area contributed by atoms with E-state index in [1.807, 2.05) is 17.0 Å². The van der Waals surface area contributed by atoms with Crippen molar-refractivity contribution in [2.24, 2.45) is 5.92 Å². The third kappa shape index (κ3) is 2.36. The van der Waals surface area contributed by atoms with Crippen LogP contribution in [0, 0.1) is 5.92 Å². The molecule has 21 heavy (non-hydrogen) atoms. The highest BCUT2D eigenvalue weighted by atomic mass is 16.3. The summed E-state index contributed by atoms with van der Waals surface area (Å²) >= 11 is 0. The number of carbonyl (C=O) groups excluding carboxylic acids is 1. The molecular formula is C17H22N2O2. The maximum Gasteiger partial charge on any atom is 0.230 e. The molecule has 112 valence electrons. The number of carbonyl (C=O) groups is 1. The van der Waals surface area contributed by atoms with E-state index in [2.05, 4.69) is 11.4 Å². The quantitative estimate of drug-likeness (QED) is 0.890. The summed E-state index contributed by atoms with van der Waals surface area (Å²) in [5, 5.41) is 13.8. The Bertz CT molecular complexity index is 562. The van der Waals surface area contributed by atoms with Crippen LogP contribution < -0.4 is 10.2 Å². The predicted octanol–water partition coefficient (Wildman–Crippen LogP) is 1.77. The van der Waals surface area contributed by atoms with Crippen molar-refractivity contribution in [3.8, 4) is 0 Å². The van der Waals surface area contributed by atoms with Crippen molar-refractivity contribution in [3.63, 3.8) is 0 Å². The fraction of sp³-hybridized carbons (Fsp3) is 0.588. The van der Waals surface area contributed by atoms with Crippen molar-refractivity contribution >= 4 is 11.6 Å². The Labute approximate surface area is 125 Å². The van der Waals surface area contributed by atoms with Gasteiger partial charge in [-0.05, 0) is 55.8 Å².